The Morgan fingerprint density at radius 3 is 2.62 bits per heavy atom. The molecule has 0 saturated carbocycles. The third-order valence-electron chi connectivity index (χ3n) is 2.63. The van der Waals surface area contributed by atoms with E-state index in [0.29, 0.717) is 0 Å². The van der Waals surface area contributed by atoms with E-state index >= 15 is 0 Å². The fourth-order valence-electron chi connectivity index (χ4n) is 1.89. The first-order valence-corrected chi connectivity index (χ1v) is 5.11. The van der Waals surface area contributed by atoms with Crippen molar-refractivity contribution in [3.8, 4) is 5.82 Å². The molecule has 0 unspecified atom stereocenters. The minimum atomic E-state index is -0.0267. The van der Waals surface area contributed by atoms with Crippen LogP contribution in [0.2, 0.25) is 0 Å². The van der Waals surface area contributed by atoms with E-state index in [2.05, 4.69) is 4.98 Å². The number of rotatable bonds is 1. The Balaban J connectivity index is 2.47. The minimum absolute atomic E-state index is 0.0267. The molecule has 0 saturated heterocycles. The monoisotopic (exact) mass is 210 g/mol. The smallest absolute Gasteiger partial charge is 0.256 e. The molecule has 0 spiro atoms. The van der Waals surface area contributed by atoms with Crippen LogP contribution in [-0.2, 0) is 0 Å². The van der Waals surface area contributed by atoms with Gasteiger partial charge in [0.1, 0.15) is 5.82 Å². The fourth-order valence-corrected chi connectivity index (χ4v) is 1.89. The maximum Gasteiger partial charge on any atom is 0.256 e. The average Bonchev–Trinajstić information content (AvgIpc) is 2.82. The van der Waals surface area contributed by atoms with Crippen LogP contribution in [-0.4, -0.2) is 9.55 Å². The third-order valence-corrected chi connectivity index (χ3v) is 2.63. The molecule has 1 aromatic carbocycles. The zero-order valence-corrected chi connectivity index (χ0v) is 8.55. The van der Waals surface area contributed by atoms with Gasteiger partial charge in [-0.2, -0.15) is 0 Å². The van der Waals surface area contributed by atoms with Gasteiger partial charge >= 0.3 is 0 Å². The predicted octanol–water partition coefficient (Wildman–Crippen LogP) is 2.32. The van der Waals surface area contributed by atoms with Crippen molar-refractivity contribution >= 4 is 10.9 Å². The molecule has 2 aromatic heterocycles. The quantitative estimate of drug-likeness (QED) is 0.657. The van der Waals surface area contributed by atoms with Crippen LogP contribution in [0.15, 0.2) is 59.5 Å². The number of nitrogens with zero attached hydrogens (tertiary/aromatic N) is 1. The van der Waals surface area contributed by atoms with Crippen LogP contribution in [0.3, 0.4) is 0 Å². The second kappa shape index (κ2) is 3.38. The second-order valence-electron chi connectivity index (χ2n) is 3.62. The lowest BCUT2D eigenvalue weighted by Crippen LogP contribution is -2.17. The van der Waals surface area contributed by atoms with E-state index in [4.69, 9.17) is 0 Å². The van der Waals surface area contributed by atoms with Crippen molar-refractivity contribution in [2.24, 2.45) is 0 Å². The lowest BCUT2D eigenvalue weighted by Gasteiger charge is -2.07. The van der Waals surface area contributed by atoms with Gasteiger partial charge in [0.15, 0.2) is 0 Å². The normalized spacial score (nSPS) is 10.8. The second-order valence-corrected chi connectivity index (χ2v) is 3.62. The van der Waals surface area contributed by atoms with Crippen LogP contribution in [0.25, 0.3) is 16.7 Å². The number of hydrogen-bond acceptors (Lipinski definition) is 1. The topological polar surface area (TPSA) is 37.8 Å². The molecular formula is C13H10N2O. The van der Waals surface area contributed by atoms with Gasteiger partial charge in [-0.25, -0.2) is 0 Å². The molecule has 3 heteroatoms. The summed E-state index contributed by atoms with van der Waals surface area (Å²) in [4.78, 5) is 14.9. The van der Waals surface area contributed by atoms with Crippen molar-refractivity contribution in [3.05, 3.63) is 65.1 Å². The lowest BCUT2D eigenvalue weighted by molar-refractivity contribution is 1.00. The van der Waals surface area contributed by atoms with Crippen LogP contribution < -0.4 is 5.56 Å². The number of fused-ring (bicyclic) bond motifs is 1. The molecule has 16 heavy (non-hydrogen) atoms. The highest BCUT2D eigenvalue weighted by molar-refractivity contribution is 5.80. The summed E-state index contributed by atoms with van der Waals surface area (Å²) in [7, 11) is 0. The van der Waals surface area contributed by atoms with E-state index in [1.54, 1.807) is 10.6 Å². The molecule has 0 amide bonds. The molecule has 0 aliphatic heterocycles. The number of para-hydroxylation sites is 1. The van der Waals surface area contributed by atoms with E-state index < -0.39 is 0 Å². The van der Waals surface area contributed by atoms with Gasteiger partial charge in [0.2, 0.25) is 0 Å². The first kappa shape index (κ1) is 8.97. The summed E-state index contributed by atoms with van der Waals surface area (Å²) >= 11 is 0. The summed E-state index contributed by atoms with van der Waals surface area (Å²) in [6.45, 7) is 0. The van der Waals surface area contributed by atoms with Gasteiger partial charge in [0.25, 0.3) is 5.56 Å². The van der Waals surface area contributed by atoms with Gasteiger partial charge < -0.3 is 4.98 Å². The highest BCUT2D eigenvalue weighted by Crippen LogP contribution is 2.14. The van der Waals surface area contributed by atoms with E-state index in [0.717, 1.165) is 16.7 Å². The van der Waals surface area contributed by atoms with Crippen molar-refractivity contribution < 1.29 is 0 Å². The highest BCUT2D eigenvalue weighted by atomic mass is 16.1. The predicted molar refractivity (Wildman–Crippen MR) is 63.9 cm³/mol. The summed E-state index contributed by atoms with van der Waals surface area (Å²) in [6, 6.07) is 15.0. The van der Waals surface area contributed by atoms with E-state index in [-0.39, 0.29) is 5.56 Å². The molecule has 2 heterocycles. The van der Waals surface area contributed by atoms with Crippen LogP contribution in [0.1, 0.15) is 0 Å². The highest BCUT2D eigenvalue weighted by Gasteiger charge is 2.04. The minimum Gasteiger partial charge on any atom is -0.348 e. The van der Waals surface area contributed by atoms with Crippen molar-refractivity contribution in [3.63, 3.8) is 0 Å². The van der Waals surface area contributed by atoms with Crippen LogP contribution in [0, 0.1) is 0 Å². The van der Waals surface area contributed by atoms with Crippen molar-refractivity contribution in [1.29, 1.82) is 0 Å². The summed E-state index contributed by atoms with van der Waals surface area (Å²) in [5, 5.41) is 1.05. The average molecular weight is 210 g/mol. The van der Waals surface area contributed by atoms with Gasteiger partial charge in [-0.15, -0.1) is 0 Å². The largest absolute Gasteiger partial charge is 0.348 e. The maximum absolute atomic E-state index is 11.9. The van der Waals surface area contributed by atoms with Crippen molar-refractivity contribution in [2.45, 2.75) is 0 Å². The zero-order chi connectivity index (χ0) is 11.0. The molecule has 0 aliphatic carbocycles. The zero-order valence-electron chi connectivity index (χ0n) is 8.55. The van der Waals surface area contributed by atoms with E-state index in [9.17, 15) is 4.79 Å². The Hall–Kier alpha value is -2.29. The third kappa shape index (κ3) is 1.26. The molecule has 3 nitrogen and oxygen atoms in total. The first-order valence-electron chi connectivity index (χ1n) is 5.11. The molecule has 0 radical (unpaired) electrons. The number of pyridine rings is 1. The summed E-state index contributed by atoms with van der Waals surface area (Å²) in [5.74, 6) is 0.793. The van der Waals surface area contributed by atoms with Gasteiger partial charge in [-0.3, -0.25) is 9.36 Å². The molecule has 1 N–H and O–H groups in total. The fraction of sp³-hybridized carbons (Fsp3) is 0. The van der Waals surface area contributed by atoms with Crippen LogP contribution in [0.4, 0.5) is 0 Å². The molecule has 0 atom stereocenters. The van der Waals surface area contributed by atoms with E-state index in [1.165, 1.54) is 0 Å². The number of nitrogens with one attached hydrogen (secondary N) is 1. The number of benzene rings is 1. The number of H-pyrrole nitrogens is 1. The Bertz CT molecular complexity index is 680. The SMILES string of the molecule is O=c1ccc2ccccc2n1-c1ccc[nH]1. The van der Waals surface area contributed by atoms with Crippen LogP contribution >= 0.6 is 0 Å². The number of aromatic nitrogens is 2. The first-order chi connectivity index (χ1) is 7.86. The van der Waals surface area contributed by atoms with Gasteiger partial charge in [-0.05, 0) is 29.7 Å². The number of hydrogen-bond donors (Lipinski definition) is 1. The Morgan fingerprint density at radius 1 is 0.938 bits per heavy atom. The van der Waals surface area contributed by atoms with E-state index in [1.807, 2.05) is 48.7 Å². The standard InChI is InChI=1S/C13H10N2O/c16-13-8-7-10-4-1-2-5-11(10)15(13)12-6-3-9-14-12/h1-9,14H. The molecule has 0 aliphatic rings. The Kier molecular flexibility index (Phi) is 1.90. The van der Waals surface area contributed by atoms with Crippen LogP contribution in [0.5, 0.6) is 0 Å². The molecule has 3 rings (SSSR count). The summed E-state index contributed by atoms with van der Waals surface area (Å²) in [5.41, 5.74) is 0.888. The molecule has 78 valence electrons. The summed E-state index contributed by atoms with van der Waals surface area (Å²) in [6.07, 6.45) is 1.81. The lowest BCUT2D eigenvalue weighted by atomic mass is 10.2. The molecule has 0 fully saturated rings. The molecule has 3 aromatic rings. The summed E-state index contributed by atoms with van der Waals surface area (Å²) < 4.78 is 1.68. The maximum atomic E-state index is 11.9. The van der Waals surface area contributed by atoms with Crippen molar-refractivity contribution in [1.82, 2.24) is 9.55 Å². The van der Waals surface area contributed by atoms with Gasteiger partial charge in [0, 0.05) is 12.3 Å². The Labute approximate surface area is 92.0 Å². The number of aromatic amines is 1. The molecular weight excluding hydrogens is 200 g/mol. The van der Waals surface area contributed by atoms with Gasteiger partial charge in [0.05, 0.1) is 5.52 Å². The Morgan fingerprint density at radius 2 is 1.81 bits per heavy atom. The van der Waals surface area contributed by atoms with Gasteiger partial charge in [-0.1, -0.05) is 18.2 Å². The van der Waals surface area contributed by atoms with Crippen molar-refractivity contribution in [2.75, 3.05) is 0 Å². The molecule has 0 bridgehead atoms.